The van der Waals surface area contributed by atoms with Gasteiger partial charge in [0.15, 0.2) is 11.5 Å². The van der Waals surface area contributed by atoms with Gasteiger partial charge in [-0.2, -0.15) is 0 Å². The number of aryl methyl sites for hydroxylation is 2. The molecule has 1 aliphatic heterocycles. The van der Waals surface area contributed by atoms with E-state index in [-0.39, 0.29) is 27.3 Å². The fourth-order valence-corrected chi connectivity index (χ4v) is 4.78. The van der Waals surface area contributed by atoms with Crippen LogP contribution in [0.15, 0.2) is 58.5 Å². The van der Waals surface area contributed by atoms with Gasteiger partial charge in [-0.25, -0.2) is 15.0 Å². The fourth-order valence-electron chi connectivity index (χ4n) is 3.64. The number of carbonyl (C=O) groups excluding carboxylic acids is 1. The van der Waals surface area contributed by atoms with E-state index in [2.05, 4.69) is 22.2 Å². The molecule has 0 atom stereocenters. The second kappa shape index (κ2) is 10.7. The molecule has 0 radical (unpaired) electrons. The Kier molecular flexibility index (Phi) is 7.81. The molecule has 6 nitrogen and oxygen atoms in total. The average Bonchev–Trinajstić information content (AvgIpc) is 3.11. The number of benzene rings is 3. The lowest BCUT2D eigenvalue weighted by molar-refractivity contribution is -0.112. The van der Waals surface area contributed by atoms with Crippen molar-refractivity contribution in [2.45, 2.75) is 20.8 Å². The van der Waals surface area contributed by atoms with Gasteiger partial charge in [0.05, 0.1) is 26.4 Å². The Morgan fingerprint density at radius 1 is 0.889 bits per heavy atom. The van der Waals surface area contributed by atoms with Gasteiger partial charge in [-0.1, -0.05) is 52.5 Å². The van der Waals surface area contributed by atoms with Crippen LogP contribution in [0.3, 0.4) is 0 Å². The predicted octanol–water partition coefficient (Wildman–Crippen LogP) is 7.73. The summed E-state index contributed by atoms with van der Waals surface area (Å²) < 4.78 is 0. The van der Waals surface area contributed by atoms with E-state index in [0.717, 1.165) is 23.4 Å². The number of halogens is 4. The highest BCUT2D eigenvalue weighted by Crippen LogP contribution is 2.38. The van der Waals surface area contributed by atoms with Crippen molar-refractivity contribution in [1.29, 1.82) is 0 Å². The van der Waals surface area contributed by atoms with Crippen LogP contribution in [0.5, 0.6) is 0 Å². The molecule has 36 heavy (non-hydrogen) atoms. The normalized spacial score (nSPS) is 15.7. The molecule has 3 aromatic rings. The van der Waals surface area contributed by atoms with Gasteiger partial charge < -0.3 is 4.90 Å². The number of hydrogen-bond donors (Lipinski definition) is 1. The third-order valence-electron chi connectivity index (χ3n) is 5.71. The van der Waals surface area contributed by atoms with Gasteiger partial charge in [0.2, 0.25) is 0 Å². The Morgan fingerprint density at radius 3 is 2.22 bits per heavy atom. The van der Waals surface area contributed by atoms with Crippen LogP contribution in [0, 0.1) is 13.8 Å². The van der Waals surface area contributed by atoms with Crippen molar-refractivity contribution in [3.63, 3.8) is 0 Å². The van der Waals surface area contributed by atoms with Crippen molar-refractivity contribution in [2.75, 3.05) is 23.5 Å². The first kappa shape index (κ1) is 26.3. The summed E-state index contributed by atoms with van der Waals surface area (Å²) in [5.41, 5.74) is 7.39. The molecule has 1 amide bonds. The molecule has 3 aromatic carbocycles. The Morgan fingerprint density at radius 2 is 1.58 bits per heavy atom. The van der Waals surface area contributed by atoms with Crippen molar-refractivity contribution in [3.05, 3.63) is 79.7 Å². The molecular weight excluding hydrogens is 540 g/mol. The standard InChI is InChI=1S/C26H23Cl4N5O/c1-5-34(4)17-7-9-21(15(3)11-17)31-23-25(32-22-10-14(2)6-8-18(22)28)33-35(26(23)36)24-19(29)12-16(27)13-20(24)30/h6-13H,5H2,1-4H3,(H,32,33). The predicted molar refractivity (Wildman–Crippen MR) is 153 cm³/mol. The molecule has 1 fully saturated rings. The third kappa shape index (κ3) is 5.32. The van der Waals surface area contributed by atoms with Crippen LogP contribution in [-0.2, 0) is 4.79 Å². The molecule has 0 unspecified atom stereocenters. The van der Waals surface area contributed by atoms with Gasteiger partial charge >= 0.3 is 0 Å². The van der Waals surface area contributed by atoms with E-state index in [1.807, 2.05) is 51.2 Å². The molecule has 1 heterocycles. The summed E-state index contributed by atoms with van der Waals surface area (Å²) in [5, 5.41) is 2.40. The van der Waals surface area contributed by atoms with Gasteiger partial charge in [-0.05, 0) is 74.4 Å². The first-order valence-corrected chi connectivity index (χ1v) is 12.6. The first-order chi connectivity index (χ1) is 17.1. The quantitative estimate of drug-likeness (QED) is 0.346. The van der Waals surface area contributed by atoms with Crippen LogP contribution in [0.1, 0.15) is 18.1 Å². The number of hydrogen-bond acceptors (Lipinski definition) is 4. The summed E-state index contributed by atoms with van der Waals surface area (Å²) in [7, 11) is 2.01. The molecule has 0 saturated carbocycles. The number of anilines is 2. The Hall–Kier alpha value is -2.77. The van der Waals surface area contributed by atoms with Crippen molar-refractivity contribution in [2.24, 2.45) is 9.98 Å². The van der Waals surface area contributed by atoms with Gasteiger partial charge in [0.1, 0.15) is 5.69 Å². The van der Waals surface area contributed by atoms with Crippen LogP contribution < -0.4 is 15.3 Å². The van der Waals surface area contributed by atoms with Crippen molar-refractivity contribution in [3.8, 4) is 0 Å². The zero-order valence-corrected chi connectivity index (χ0v) is 23.1. The third-order valence-corrected chi connectivity index (χ3v) is 6.83. The molecule has 0 bridgehead atoms. The average molecular weight is 563 g/mol. The minimum absolute atomic E-state index is 0.0920. The van der Waals surface area contributed by atoms with E-state index in [1.54, 1.807) is 6.07 Å². The van der Waals surface area contributed by atoms with Crippen LogP contribution in [-0.4, -0.2) is 31.0 Å². The molecule has 0 aromatic heterocycles. The van der Waals surface area contributed by atoms with Crippen LogP contribution in [0.4, 0.5) is 22.7 Å². The van der Waals surface area contributed by atoms with Gasteiger partial charge in [-0.15, -0.1) is 0 Å². The zero-order valence-electron chi connectivity index (χ0n) is 20.0. The van der Waals surface area contributed by atoms with Crippen molar-refractivity contribution < 1.29 is 4.79 Å². The molecule has 1 N–H and O–H groups in total. The largest absolute Gasteiger partial charge is 0.375 e. The summed E-state index contributed by atoms with van der Waals surface area (Å²) in [6.45, 7) is 6.81. The van der Waals surface area contributed by atoms with E-state index < -0.39 is 5.91 Å². The van der Waals surface area contributed by atoms with E-state index in [1.165, 1.54) is 17.1 Å². The maximum absolute atomic E-state index is 13.6. The van der Waals surface area contributed by atoms with Crippen LogP contribution in [0.25, 0.3) is 0 Å². The zero-order chi connectivity index (χ0) is 26.1. The van der Waals surface area contributed by atoms with E-state index in [0.29, 0.717) is 21.4 Å². The highest BCUT2D eigenvalue weighted by molar-refractivity contribution is 6.72. The lowest BCUT2D eigenvalue weighted by Crippen LogP contribution is -2.36. The van der Waals surface area contributed by atoms with Crippen molar-refractivity contribution in [1.82, 2.24) is 5.43 Å². The summed E-state index contributed by atoms with van der Waals surface area (Å²) >= 11 is 25.3. The molecule has 10 heteroatoms. The highest BCUT2D eigenvalue weighted by atomic mass is 35.5. The Balaban J connectivity index is 1.86. The summed E-state index contributed by atoms with van der Waals surface area (Å²) in [6, 6.07) is 14.3. The van der Waals surface area contributed by atoms with Crippen LogP contribution in [0.2, 0.25) is 20.1 Å². The number of nitrogens with one attached hydrogen (secondary N) is 1. The SMILES string of the molecule is CCN(C)c1ccc(N=C2C(=O)N(c3c(Cl)cc(Cl)cc3Cl)NC2=Nc2cc(C)ccc2Cl)c(C)c1. The lowest BCUT2D eigenvalue weighted by Gasteiger charge is -2.18. The summed E-state index contributed by atoms with van der Waals surface area (Å²) in [4.78, 5) is 25.1. The minimum atomic E-state index is -0.474. The van der Waals surface area contributed by atoms with Crippen LogP contribution >= 0.6 is 46.4 Å². The Bertz CT molecular complexity index is 1400. The fraction of sp³-hybridized carbons (Fsp3) is 0.192. The molecular formula is C26H23Cl4N5O. The van der Waals surface area contributed by atoms with Crippen molar-refractivity contribution >= 4 is 86.6 Å². The molecule has 1 aliphatic rings. The molecule has 0 spiro atoms. The number of amides is 1. The number of aliphatic imine (C=N–C) groups is 2. The summed E-state index contributed by atoms with van der Waals surface area (Å²) in [5.74, 6) is -0.262. The monoisotopic (exact) mass is 561 g/mol. The lowest BCUT2D eigenvalue weighted by atomic mass is 10.1. The number of carbonyl (C=O) groups is 1. The maximum Gasteiger partial charge on any atom is 0.299 e. The van der Waals surface area contributed by atoms with Gasteiger partial charge in [0.25, 0.3) is 5.91 Å². The summed E-state index contributed by atoms with van der Waals surface area (Å²) in [6.07, 6.45) is 0. The van der Waals surface area contributed by atoms with Gasteiger partial charge in [-0.3, -0.25) is 10.2 Å². The van der Waals surface area contributed by atoms with Gasteiger partial charge in [0, 0.05) is 24.3 Å². The van der Waals surface area contributed by atoms with E-state index >= 15 is 0 Å². The van der Waals surface area contributed by atoms with E-state index in [4.69, 9.17) is 51.4 Å². The number of nitrogens with zero attached hydrogens (tertiary/aromatic N) is 4. The number of hydrazine groups is 1. The minimum Gasteiger partial charge on any atom is -0.375 e. The maximum atomic E-state index is 13.6. The second-order valence-corrected chi connectivity index (χ2v) is 9.99. The number of rotatable bonds is 5. The van der Waals surface area contributed by atoms with E-state index in [9.17, 15) is 4.79 Å². The molecule has 186 valence electrons. The number of amidine groups is 1. The molecule has 1 saturated heterocycles. The molecule has 4 rings (SSSR count). The highest BCUT2D eigenvalue weighted by Gasteiger charge is 2.37. The first-order valence-electron chi connectivity index (χ1n) is 11.1. The smallest absolute Gasteiger partial charge is 0.299 e. The molecule has 0 aliphatic carbocycles. The second-order valence-electron chi connectivity index (χ2n) is 8.33. The topological polar surface area (TPSA) is 60.3 Å². The Labute approximate surface area is 230 Å².